The maximum Gasteiger partial charge on any atom is 0.213 e. The van der Waals surface area contributed by atoms with Gasteiger partial charge in [0.25, 0.3) is 0 Å². The first-order chi connectivity index (χ1) is 15.7. The van der Waals surface area contributed by atoms with Gasteiger partial charge in [0, 0.05) is 12.5 Å². The van der Waals surface area contributed by atoms with E-state index in [0.717, 1.165) is 53.2 Å². The minimum absolute atomic E-state index is 0. The first kappa shape index (κ1) is 25.2. The fourth-order valence-corrected chi connectivity index (χ4v) is 4.52. The van der Waals surface area contributed by atoms with Gasteiger partial charge in [-0.25, -0.2) is 0 Å². The van der Waals surface area contributed by atoms with Gasteiger partial charge in [0.2, 0.25) is 5.69 Å². The maximum absolute atomic E-state index is 6.27. The molecule has 0 radical (unpaired) electrons. The Morgan fingerprint density at radius 2 is 1.58 bits per heavy atom. The van der Waals surface area contributed by atoms with Crippen LogP contribution >= 0.6 is 0 Å². The van der Waals surface area contributed by atoms with Crippen LogP contribution in [0.4, 0.5) is 0 Å². The summed E-state index contributed by atoms with van der Waals surface area (Å²) in [6, 6.07) is 10.5. The maximum atomic E-state index is 6.27. The van der Waals surface area contributed by atoms with Crippen LogP contribution in [-0.4, -0.2) is 27.9 Å². The summed E-state index contributed by atoms with van der Waals surface area (Å²) in [5, 5.41) is 2.23. The van der Waals surface area contributed by atoms with Crippen LogP contribution in [0.1, 0.15) is 44.6 Å². The Kier molecular flexibility index (Phi) is 8.84. The topological polar surface area (TPSA) is 40.8 Å². The van der Waals surface area contributed by atoms with Crippen LogP contribution in [0.25, 0.3) is 22.0 Å². The lowest BCUT2D eigenvalue weighted by molar-refractivity contribution is -0.686. The van der Waals surface area contributed by atoms with Gasteiger partial charge in [0.15, 0.2) is 35.7 Å². The van der Waals surface area contributed by atoms with Gasteiger partial charge in [-0.3, -0.25) is 0 Å². The number of ether oxygens (including phenoxy) is 4. The van der Waals surface area contributed by atoms with Gasteiger partial charge in [-0.2, -0.15) is 4.57 Å². The third-order valence-corrected chi connectivity index (χ3v) is 6.30. The lowest BCUT2D eigenvalue weighted by Gasteiger charge is -2.19. The second-order valence-electron chi connectivity index (χ2n) is 8.33. The van der Waals surface area contributed by atoms with Crippen LogP contribution in [0, 0.1) is 0 Å². The summed E-state index contributed by atoms with van der Waals surface area (Å²) in [6.07, 6.45) is 9.22. The monoisotopic (exact) mass is 515 g/mol. The number of fused-ring (bicyclic) bond motifs is 4. The van der Waals surface area contributed by atoms with E-state index >= 15 is 0 Å². The molecule has 0 amide bonds. The Bertz CT molecular complexity index is 1100. The van der Waals surface area contributed by atoms with E-state index in [2.05, 4.69) is 42.0 Å². The molecule has 4 rings (SSSR count). The number of halogens is 1. The molecule has 5 nitrogen and oxygen atoms in total. The zero-order chi connectivity index (χ0) is 22.5. The third-order valence-electron chi connectivity index (χ3n) is 6.30. The van der Waals surface area contributed by atoms with Crippen LogP contribution in [0.15, 0.2) is 36.5 Å². The predicted molar refractivity (Wildman–Crippen MR) is 127 cm³/mol. The average Bonchev–Trinajstić information content (AvgIpc) is 2.83. The van der Waals surface area contributed by atoms with Crippen molar-refractivity contribution in [2.45, 2.75) is 52.0 Å². The van der Waals surface area contributed by atoms with Crippen molar-refractivity contribution >= 4 is 10.8 Å². The van der Waals surface area contributed by atoms with Crippen LogP contribution < -0.4 is 40.5 Å². The molecule has 1 aliphatic heterocycles. The van der Waals surface area contributed by atoms with Crippen LogP contribution in [0.3, 0.4) is 0 Å². The molecule has 178 valence electrons. The van der Waals surface area contributed by atoms with Crippen molar-refractivity contribution in [1.29, 1.82) is 0 Å². The van der Waals surface area contributed by atoms with E-state index in [1.807, 2.05) is 6.07 Å². The molecule has 0 spiro atoms. The second-order valence-corrected chi connectivity index (χ2v) is 8.33. The summed E-state index contributed by atoms with van der Waals surface area (Å²) in [6.45, 7) is 3.85. The smallest absolute Gasteiger partial charge is 0.213 e. The number of hydrogen-bond acceptors (Lipinski definition) is 4. The Balaban J connectivity index is 0.00000306. The molecule has 0 atom stereocenters. The van der Waals surface area contributed by atoms with E-state index in [0.29, 0.717) is 6.61 Å². The van der Waals surface area contributed by atoms with Crippen LogP contribution in [-0.2, 0) is 13.0 Å². The first-order valence-corrected chi connectivity index (χ1v) is 11.6. The first-order valence-electron chi connectivity index (χ1n) is 11.6. The molecular formula is C27H34BrNO4. The minimum Gasteiger partial charge on any atom is -1.00 e. The van der Waals surface area contributed by atoms with Crippen molar-refractivity contribution in [1.82, 2.24) is 0 Å². The normalized spacial score (nSPS) is 11.9. The van der Waals surface area contributed by atoms with E-state index in [-0.39, 0.29) is 17.0 Å². The third kappa shape index (κ3) is 5.21. The molecule has 0 unspecified atom stereocenters. The quantitative estimate of drug-likeness (QED) is 0.307. The molecule has 0 aliphatic carbocycles. The summed E-state index contributed by atoms with van der Waals surface area (Å²) >= 11 is 0. The lowest BCUT2D eigenvalue weighted by atomic mass is 9.95. The number of nitrogens with zero attached hydrogens (tertiary/aromatic N) is 1. The van der Waals surface area contributed by atoms with Crippen molar-refractivity contribution in [2.75, 3.05) is 27.9 Å². The molecule has 0 saturated heterocycles. The molecule has 0 N–H and O–H groups in total. The molecule has 2 heterocycles. The predicted octanol–water partition coefficient (Wildman–Crippen LogP) is 2.73. The van der Waals surface area contributed by atoms with Crippen molar-refractivity contribution < 1.29 is 40.5 Å². The van der Waals surface area contributed by atoms with Crippen molar-refractivity contribution in [3.8, 4) is 34.3 Å². The molecule has 33 heavy (non-hydrogen) atoms. The largest absolute Gasteiger partial charge is 1.00 e. The summed E-state index contributed by atoms with van der Waals surface area (Å²) in [4.78, 5) is 0. The number of aromatic nitrogens is 1. The van der Waals surface area contributed by atoms with Gasteiger partial charge in [0.1, 0.15) is 0 Å². The van der Waals surface area contributed by atoms with E-state index < -0.39 is 0 Å². The molecule has 1 aliphatic rings. The highest BCUT2D eigenvalue weighted by atomic mass is 79.9. The highest BCUT2D eigenvalue weighted by Gasteiger charge is 2.27. The van der Waals surface area contributed by atoms with Crippen LogP contribution in [0.2, 0.25) is 0 Å². The van der Waals surface area contributed by atoms with Gasteiger partial charge in [-0.1, -0.05) is 32.6 Å². The van der Waals surface area contributed by atoms with Crippen molar-refractivity contribution in [2.24, 2.45) is 0 Å². The number of benzene rings is 2. The number of unbranched alkanes of at least 4 members (excludes halogenated alkanes) is 4. The summed E-state index contributed by atoms with van der Waals surface area (Å²) in [7, 11) is 5.07. The summed E-state index contributed by atoms with van der Waals surface area (Å²) in [5.41, 5.74) is 3.64. The Morgan fingerprint density at radius 1 is 0.848 bits per heavy atom. The van der Waals surface area contributed by atoms with E-state index in [4.69, 9.17) is 18.9 Å². The zero-order valence-electron chi connectivity index (χ0n) is 20.1. The fourth-order valence-electron chi connectivity index (χ4n) is 4.52. The molecular weight excluding hydrogens is 482 g/mol. The number of methoxy groups -OCH3 is 3. The van der Waals surface area contributed by atoms with E-state index in [1.54, 1.807) is 21.3 Å². The molecule has 2 aromatic carbocycles. The average molecular weight is 516 g/mol. The number of pyridine rings is 1. The Morgan fingerprint density at radius 3 is 2.30 bits per heavy atom. The molecule has 1 aromatic heterocycles. The van der Waals surface area contributed by atoms with E-state index in [1.165, 1.54) is 42.5 Å². The highest BCUT2D eigenvalue weighted by molar-refractivity contribution is 5.91. The fraction of sp³-hybridized carbons (Fsp3) is 0.444. The van der Waals surface area contributed by atoms with Gasteiger partial charge < -0.3 is 35.9 Å². The van der Waals surface area contributed by atoms with Crippen LogP contribution in [0.5, 0.6) is 23.0 Å². The number of aryl methyl sites for hydroxylation is 2. The number of rotatable bonds is 10. The van der Waals surface area contributed by atoms with Crippen molar-refractivity contribution in [3.05, 3.63) is 42.1 Å². The molecule has 6 heteroatoms. The number of hydrogen-bond donors (Lipinski definition) is 0. The summed E-state index contributed by atoms with van der Waals surface area (Å²) in [5.74, 6) is 3.16. The van der Waals surface area contributed by atoms with Gasteiger partial charge >= 0.3 is 0 Å². The molecule has 3 aromatic rings. The van der Waals surface area contributed by atoms with Crippen molar-refractivity contribution in [3.63, 3.8) is 0 Å². The molecule has 0 bridgehead atoms. The second kappa shape index (κ2) is 11.6. The SMILES string of the molecule is CCCCCCCOc1c(OC)ccc2cc3[n+](cc12)CCc1cc(OC)c(OC)cc1-3.[Br-]. The minimum atomic E-state index is 0. The lowest BCUT2D eigenvalue weighted by Crippen LogP contribution is -3.00. The molecule has 0 fully saturated rings. The highest BCUT2D eigenvalue weighted by Crippen LogP contribution is 2.40. The zero-order valence-corrected chi connectivity index (χ0v) is 21.7. The Labute approximate surface area is 207 Å². The van der Waals surface area contributed by atoms with Gasteiger partial charge in [0.05, 0.1) is 38.9 Å². The van der Waals surface area contributed by atoms with E-state index in [9.17, 15) is 0 Å². The van der Waals surface area contributed by atoms with Gasteiger partial charge in [-0.05, 0) is 41.6 Å². The summed E-state index contributed by atoms with van der Waals surface area (Å²) < 4.78 is 25.3. The Hall–Kier alpha value is -2.47. The molecule has 0 saturated carbocycles. The standard InChI is InChI=1S/C27H34NO4.BrH/c1-5-6-7-8-9-14-32-27-22-18-28-13-12-20-16-25(30-3)26(31-4)17-21(20)23(28)15-19(22)10-11-24(27)29-2;/h10-11,15-18H,5-9,12-14H2,1-4H3;1H/q+1;/p-1. The van der Waals surface area contributed by atoms with Gasteiger partial charge in [-0.15, -0.1) is 0 Å².